The zero-order valence-electron chi connectivity index (χ0n) is 14.6. The Bertz CT molecular complexity index is 1060. The highest BCUT2D eigenvalue weighted by atomic mass is 15.1. The fourth-order valence-electron chi connectivity index (χ4n) is 3.76. The van der Waals surface area contributed by atoms with Crippen LogP contribution in [0.1, 0.15) is 19.3 Å². The number of H-pyrrole nitrogens is 1. The van der Waals surface area contributed by atoms with Crippen molar-refractivity contribution < 1.29 is 0 Å². The molecule has 0 radical (unpaired) electrons. The fraction of sp³-hybridized carbons (Fsp3) is 0.238. The van der Waals surface area contributed by atoms with Crippen LogP contribution in [0.5, 0.6) is 0 Å². The molecule has 5 nitrogen and oxygen atoms in total. The molecule has 5 heteroatoms. The molecule has 0 bridgehead atoms. The van der Waals surface area contributed by atoms with Gasteiger partial charge in [0.2, 0.25) is 0 Å². The average Bonchev–Trinajstić information content (AvgIpc) is 3.16. The third kappa shape index (κ3) is 2.75. The molecule has 2 aromatic heterocycles. The molecule has 3 heterocycles. The molecule has 0 aliphatic carbocycles. The first-order valence-corrected chi connectivity index (χ1v) is 9.21. The largest absolute Gasteiger partial charge is 0.372 e. The summed E-state index contributed by atoms with van der Waals surface area (Å²) in [6.45, 7) is 2.26. The lowest BCUT2D eigenvalue weighted by Gasteiger charge is -2.29. The third-order valence-electron chi connectivity index (χ3n) is 5.16. The number of nitrogens with one attached hydrogen (secondary N) is 2. The summed E-state index contributed by atoms with van der Waals surface area (Å²) in [7, 11) is 0. The normalized spacial score (nSPS) is 14.8. The molecule has 0 atom stereocenters. The molecule has 2 N–H and O–H groups in total. The first-order chi connectivity index (χ1) is 12.9. The van der Waals surface area contributed by atoms with Crippen LogP contribution in [0.3, 0.4) is 0 Å². The maximum Gasteiger partial charge on any atom is 0.141 e. The number of anilines is 3. The number of fused-ring (bicyclic) bond motifs is 2. The van der Waals surface area contributed by atoms with Crippen molar-refractivity contribution in [2.45, 2.75) is 19.3 Å². The van der Waals surface area contributed by atoms with Crippen LogP contribution >= 0.6 is 0 Å². The number of benzene rings is 2. The number of piperidine rings is 1. The van der Waals surface area contributed by atoms with Gasteiger partial charge in [0.25, 0.3) is 0 Å². The molecular formula is C21H21N5. The van der Waals surface area contributed by atoms with Crippen LogP contribution in [-0.2, 0) is 0 Å². The summed E-state index contributed by atoms with van der Waals surface area (Å²) >= 11 is 0. The molecular weight excluding hydrogens is 322 g/mol. The minimum Gasteiger partial charge on any atom is -0.372 e. The number of hydrogen-bond donors (Lipinski definition) is 2. The summed E-state index contributed by atoms with van der Waals surface area (Å²) in [6.07, 6.45) is 7.46. The van der Waals surface area contributed by atoms with Gasteiger partial charge in [0.1, 0.15) is 12.1 Å². The van der Waals surface area contributed by atoms with Gasteiger partial charge in [-0.05, 0) is 61.7 Å². The van der Waals surface area contributed by atoms with Gasteiger partial charge in [0.15, 0.2) is 0 Å². The van der Waals surface area contributed by atoms with Gasteiger partial charge in [-0.25, -0.2) is 9.97 Å². The molecule has 2 aromatic carbocycles. The molecule has 1 aliphatic rings. The lowest BCUT2D eigenvalue weighted by molar-refractivity contribution is 0.578. The van der Waals surface area contributed by atoms with E-state index in [1.807, 2.05) is 6.20 Å². The summed E-state index contributed by atoms with van der Waals surface area (Å²) in [5.74, 6) is 0.851. The Morgan fingerprint density at radius 3 is 2.77 bits per heavy atom. The summed E-state index contributed by atoms with van der Waals surface area (Å²) in [5.41, 5.74) is 4.39. The molecule has 0 saturated carbocycles. The monoisotopic (exact) mass is 343 g/mol. The van der Waals surface area contributed by atoms with E-state index in [2.05, 4.69) is 67.6 Å². The second kappa shape index (κ2) is 6.33. The first kappa shape index (κ1) is 15.2. The van der Waals surface area contributed by atoms with Crippen LogP contribution in [0.2, 0.25) is 0 Å². The first-order valence-electron chi connectivity index (χ1n) is 9.21. The molecule has 26 heavy (non-hydrogen) atoms. The molecule has 0 spiro atoms. The minimum atomic E-state index is 0.851. The highest BCUT2D eigenvalue weighted by Crippen LogP contribution is 2.29. The van der Waals surface area contributed by atoms with E-state index >= 15 is 0 Å². The van der Waals surface area contributed by atoms with Crippen molar-refractivity contribution in [3.05, 3.63) is 55.0 Å². The van der Waals surface area contributed by atoms with Gasteiger partial charge in [-0.3, -0.25) is 0 Å². The highest BCUT2D eigenvalue weighted by molar-refractivity contribution is 5.94. The van der Waals surface area contributed by atoms with Gasteiger partial charge in [0.05, 0.1) is 5.52 Å². The maximum absolute atomic E-state index is 4.51. The van der Waals surface area contributed by atoms with Crippen LogP contribution < -0.4 is 10.2 Å². The summed E-state index contributed by atoms with van der Waals surface area (Å²) < 4.78 is 0. The Morgan fingerprint density at radius 2 is 1.85 bits per heavy atom. The van der Waals surface area contributed by atoms with Gasteiger partial charge in [-0.15, -0.1) is 0 Å². The average molecular weight is 343 g/mol. The van der Waals surface area contributed by atoms with Crippen molar-refractivity contribution in [2.24, 2.45) is 0 Å². The van der Waals surface area contributed by atoms with Gasteiger partial charge in [-0.2, -0.15) is 0 Å². The topological polar surface area (TPSA) is 56.8 Å². The minimum absolute atomic E-state index is 0.851. The Kier molecular flexibility index (Phi) is 3.70. The highest BCUT2D eigenvalue weighted by Gasteiger charge is 2.13. The molecule has 0 amide bonds. The quantitative estimate of drug-likeness (QED) is 0.558. The second-order valence-corrected chi connectivity index (χ2v) is 6.88. The van der Waals surface area contributed by atoms with Crippen molar-refractivity contribution in [1.82, 2.24) is 15.0 Å². The molecule has 1 saturated heterocycles. The third-order valence-corrected chi connectivity index (χ3v) is 5.16. The maximum atomic E-state index is 4.51. The Labute approximate surface area is 152 Å². The van der Waals surface area contributed by atoms with Crippen LogP contribution in [-0.4, -0.2) is 28.0 Å². The number of aromatic amines is 1. The number of hydrogen-bond acceptors (Lipinski definition) is 4. The van der Waals surface area contributed by atoms with Crippen LogP contribution in [0.15, 0.2) is 55.0 Å². The van der Waals surface area contributed by atoms with E-state index in [9.17, 15) is 0 Å². The van der Waals surface area contributed by atoms with E-state index in [0.717, 1.165) is 41.0 Å². The van der Waals surface area contributed by atoms with Crippen molar-refractivity contribution in [3.63, 3.8) is 0 Å². The van der Waals surface area contributed by atoms with Gasteiger partial charge in [-0.1, -0.05) is 0 Å². The summed E-state index contributed by atoms with van der Waals surface area (Å²) in [4.78, 5) is 14.6. The molecule has 5 rings (SSSR count). The zero-order chi connectivity index (χ0) is 17.3. The molecule has 1 aliphatic heterocycles. The van der Waals surface area contributed by atoms with Crippen molar-refractivity contribution in [1.29, 1.82) is 0 Å². The van der Waals surface area contributed by atoms with E-state index in [4.69, 9.17) is 0 Å². The van der Waals surface area contributed by atoms with Gasteiger partial charge < -0.3 is 15.2 Å². The van der Waals surface area contributed by atoms with Crippen LogP contribution in [0.25, 0.3) is 21.8 Å². The number of aromatic nitrogens is 3. The van der Waals surface area contributed by atoms with Gasteiger partial charge >= 0.3 is 0 Å². The fourth-order valence-corrected chi connectivity index (χ4v) is 3.76. The standard InChI is InChI=1S/C21H21N5/c1-2-10-26(11-3-1)17-5-7-20-18(13-17)21(24-14-23-20)25-16-4-6-19-15(12-16)8-9-22-19/h4-9,12-14,22H,1-3,10-11H2,(H,23,24,25). The summed E-state index contributed by atoms with van der Waals surface area (Å²) in [5, 5.41) is 5.72. The van der Waals surface area contributed by atoms with E-state index < -0.39 is 0 Å². The molecule has 4 aromatic rings. The summed E-state index contributed by atoms with van der Waals surface area (Å²) in [6, 6.07) is 14.9. The van der Waals surface area contributed by atoms with E-state index in [-0.39, 0.29) is 0 Å². The second-order valence-electron chi connectivity index (χ2n) is 6.88. The SMILES string of the molecule is c1nc(Nc2ccc3[nH]ccc3c2)c2cc(N3CCCCC3)ccc2n1. The predicted octanol–water partition coefficient (Wildman–Crippen LogP) is 4.85. The smallest absolute Gasteiger partial charge is 0.141 e. The Hall–Kier alpha value is -3.08. The van der Waals surface area contributed by atoms with Crippen molar-refractivity contribution in [2.75, 3.05) is 23.3 Å². The lowest BCUT2D eigenvalue weighted by atomic mass is 10.1. The van der Waals surface area contributed by atoms with E-state index in [0.29, 0.717) is 0 Å². The molecule has 0 unspecified atom stereocenters. The van der Waals surface area contributed by atoms with Gasteiger partial charge in [0, 0.05) is 47.0 Å². The number of rotatable bonds is 3. The Balaban J connectivity index is 1.53. The zero-order valence-corrected chi connectivity index (χ0v) is 14.6. The molecule has 1 fully saturated rings. The van der Waals surface area contributed by atoms with E-state index in [1.165, 1.54) is 30.3 Å². The van der Waals surface area contributed by atoms with E-state index in [1.54, 1.807) is 6.33 Å². The number of nitrogens with zero attached hydrogens (tertiary/aromatic N) is 3. The predicted molar refractivity (Wildman–Crippen MR) is 107 cm³/mol. The molecule has 130 valence electrons. The van der Waals surface area contributed by atoms with Crippen molar-refractivity contribution in [3.8, 4) is 0 Å². The lowest BCUT2D eigenvalue weighted by Crippen LogP contribution is -2.29. The van der Waals surface area contributed by atoms with Crippen LogP contribution in [0.4, 0.5) is 17.2 Å². The van der Waals surface area contributed by atoms with Crippen molar-refractivity contribution >= 4 is 39.0 Å². The Morgan fingerprint density at radius 1 is 0.923 bits per heavy atom. The van der Waals surface area contributed by atoms with Crippen LogP contribution in [0, 0.1) is 0 Å².